The van der Waals surface area contributed by atoms with Crippen molar-refractivity contribution in [3.05, 3.63) is 0 Å². The maximum atomic E-state index is 12.0. The molecular weight excluding hydrogens is 246 g/mol. The first-order chi connectivity index (χ1) is 8.89. The first-order valence-electron chi connectivity index (χ1n) is 6.84. The van der Waals surface area contributed by atoms with Crippen molar-refractivity contribution in [1.82, 2.24) is 15.1 Å². The average Bonchev–Trinajstić information content (AvgIpc) is 2.37. The molecule has 1 heterocycles. The van der Waals surface area contributed by atoms with E-state index in [-0.39, 0.29) is 12.5 Å². The molecule has 0 saturated carbocycles. The van der Waals surface area contributed by atoms with Crippen LogP contribution in [0.3, 0.4) is 0 Å². The van der Waals surface area contributed by atoms with Crippen molar-refractivity contribution in [2.24, 2.45) is 0 Å². The minimum absolute atomic E-state index is 0.0170. The van der Waals surface area contributed by atoms with Gasteiger partial charge in [-0.1, -0.05) is 13.3 Å². The molecule has 19 heavy (non-hydrogen) atoms. The summed E-state index contributed by atoms with van der Waals surface area (Å²) in [7, 11) is 2.03. The lowest BCUT2D eigenvalue weighted by Crippen LogP contribution is -2.55. The SMILES string of the molecule is CCCC(C)(NCC(=O)N1CCN(C)CC1)C(=O)O. The highest BCUT2D eigenvalue weighted by Gasteiger charge is 2.32. The van der Waals surface area contributed by atoms with E-state index in [1.807, 2.05) is 14.0 Å². The Balaban J connectivity index is 2.46. The normalized spacial score (nSPS) is 20.1. The topological polar surface area (TPSA) is 72.9 Å². The largest absolute Gasteiger partial charge is 0.480 e. The van der Waals surface area contributed by atoms with Gasteiger partial charge in [0.05, 0.1) is 6.54 Å². The summed E-state index contributed by atoms with van der Waals surface area (Å²) in [6, 6.07) is 0. The molecule has 0 aromatic heterocycles. The molecule has 0 aliphatic carbocycles. The zero-order valence-corrected chi connectivity index (χ0v) is 12.1. The second-order valence-electron chi connectivity index (χ2n) is 5.42. The third kappa shape index (κ3) is 4.47. The number of rotatable bonds is 6. The number of aliphatic carboxylic acids is 1. The molecule has 6 heteroatoms. The smallest absolute Gasteiger partial charge is 0.323 e. The van der Waals surface area contributed by atoms with Crippen molar-refractivity contribution in [2.45, 2.75) is 32.2 Å². The van der Waals surface area contributed by atoms with Crippen LogP contribution in [0.2, 0.25) is 0 Å². The summed E-state index contributed by atoms with van der Waals surface area (Å²) in [6.45, 7) is 6.84. The Bertz CT molecular complexity index is 327. The van der Waals surface area contributed by atoms with Gasteiger partial charge >= 0.3 is 5.97 Å². The molecule has 1 atom stereocenters. The van der Waals surface area contributed by atoms with Crippen molar-refractivity contribution in [3.8, 4) is 0 Å². The molecule has 6 nitrogen and oxygen atoms in total. The van der Waals surface area contributed by atoms with E-state index in [0.717, 1.165) is 19.5 Å². The number of nitrogens with one attached hydrogen (secondary N) is 1. The lowest BCUT2D eigenvalue weighted by atomic mass is 9.96. The van der Waals surface area contributed by atoms with Crippen LogP contribution in [0.25, 0.3) is 0 Å². The number of carboxylic acid groups (broad SMARTS) is 1. The van der Waals surface area contributed by atoms with E-state index in [2.05, 4.69) is 10.2 Å². The van der Waals surface area contributed by atoms with Gasteiger partial charge in [0.1, 0.15) is 5.54 Å². The maximum absolute atomic E-state index is 12.0. The molecule has 0 bridgehead atoms. The lowest BCUT2D eigenvalue weighted by molar-refractivity contribution is -0.145. The molecule has 1 fully saturated rings. The number of likely N-dealkylation sites (N-methyl/N-ethyl adjacent to an activating group) is 1. The summed E-state index contributed by atoms with van der Waals surface area (Å²) in [5.74, 6) is -0.919. The van der Waals surface area contributed by atoms with Gasteiger partial charge in [0.15, 0.2) is 0 Å². The Hall–Kier alpha value is -1.14. The third-order valence-electron chi connectivity index (χ3n) is 3.71. The van der Waals surface area contributed by atoms with Crippen molar-refractivity contribution in [2.75, 3.05) is 39.8 Å². The zero-order valence-electron chi connectivity index (χ0n) is 12.1. The van der Waals surface area contributed by atoms with E-state index in [0.29, 0.717) is 19.5 Å². The zero-order chi connectivity index (χ0) is 14.5. The van der Waals surface area contributed by atoms with E-state index in [1.54, 1.807) is 11.8 Å². The van der Waals surface area contributed by atoms with E-state index in [1.165, 1.54) is 0 Å². The van der Waals surface area contributed by atoms with Gasteiger partial charge in [-0.25, -0.2) is 0 Å². The Morgan fingerprint density at radius 3 is 2.32 bits per heavy atom. The first-order valence-corrected chi connectivity index (χ1v) is 6.84. The van der Waals surface area contributed by atoms with Crippen LogP contribution >= 0.6 is 0 Å². The molecule has 1 rings (SSSR count). The van der Waals surface area contributed by atoms with Crippen LogP contribution in [0, 0.1) is 0 Å². The minimum atomic E-state index is -1.02. The number of carbonyl (C=O) groups is 2. The molecular formula is C13H25N3O3. The first kappa shape index (κ1) is 15.9. The summed E-state index contributed by atoms with van der Waals surface area (Å²) in [4.78, 5) is 27.2. The van der Waals surface area contributed by atoms with E-state index in [4.69, 9.17) is 0 Å². The number of nitrogens with zero attached hydrogens (tertiary/aromatic N) is 2. The Morgan fingerprint density at radius 2 is 1.84 bits per heavy atom. The van der Waals surface area contributed by atoms with Gasteiger partial charge in [-0.3, -0.25) is 14.9 Å². The lowest BCUT2D eigenvalue weighted by Gasteiger charge is -2.33. The number of amides is 1. The molecule has 0 aromatic carbocycles. The van der Waals surface area contributed by atoms with Gasteiger partial charge in [-0.15, -0.1) is 0 Å². The van der Waals surface area contributed by atoms with E-state index >= 15 is 0 Å². The monoisotopic (exact) mass is 271 g/mol. The van der Waals surface area contributed by atoms with Crippen molar-refractivity contribution in [3.63, 3.8) is 0 Å². The molecule has 1 aliphatic heterocycles. The van der Waals surface area contributed by atoms with Gasteiger partial charge in [0.2, 0.25) is 5.91 Å². The predicted octanol–water partition coefficient (Wildman–Crippen LogP) is -0.00660. The summed E-state index contributed by atoms with van der Waals surface area (Å²) in [5, 5.41) is 12.1. The fourth-order valence-corrected chi connectivity index (χ4v) is 2.21. The molecule has 0 radical (unpaired) electrons. The van der Waals surface area contributed by atoms with E-state index < -0.39 is 11.5 Å². The van der Waals surface area contributed by atoms with Gasteiger partial charge < -0.3 is 14.9 Å². The molecule has 2 N–H and O–H groups in total. The van der Waals surface area contributed by atoms with Gasteiger partial charge in [0, 0.05) is 26.2 Å². The highest BCUT2D eigenvalue weighted by molar-refractivity contribution is 5.82. The number of piperazine rings is 1. The standard InChI is InChI=1S/C13H25N3O3/c1-4-5-13(2,12(18)19)14-10-11(17)16-8-6-15(3)7-9-16/h14H,4-10H2,1-3H3,(H,18,19). The van der Waals surface area contributed by atoms with Crippen LogP contribution in [-0.4, -0.2) is 72.1 Å². The predicted molar refractivity (Wildman–Crippen MR) is 73.0 cm³/mol. The maximum Gasteiger partial charge on any atom is 0.323 e. The fraction of sp³-hybridized carbons (Fsp3) is 0.846. The summed E-state index contributed by atoms with van der Waals surface area (Å²) >= 11 is 0. The second kappa shape index (κ2) is 6.86. The van der Waals surface area contributed by atoms with Crippen molar-refractivity contribution < 1.29 is 14.7 Å². The average molecular weight is 271 g/mol. The van der Waals surface area contributed by atoms with Crippen LogP contribution in [0.5, 0.6) is 0 Å². The second-order valence-corrected chi connectivity index (χ2v) is 5.42. The Morgan fingerprint density at radius 1 is 1.26 bits per heavy atom. The molecule has 110 valence electrons. The van der Waals surface area contributed by atoms with E-state index in [9.17, 15) is 14.7 Å². The van der Waals surface area contributed by atoms with Crippen LogP contribution in [0.15, 0.2) is 0 Å². The molecule has 1 amide bonds. The van der Waals surface area contributed by atoms with Crippen molar-refractivity contribution in [1.29, 1.82) is 0 Å². The van der Waals surface area contributed by atoms with Gasteiger partial charge in [0.25, 0.3) is 0 Å². The molecule has 1 saturated heterocycles. The number of hydrogen-bond donors (Lipinski definition) is 2. The summed E-state index contributed by atoms with van der Waals surface area (Å²) in [5.41, 5.74) is -1.02. The molecule has 1 aliphatic rings. The molecule has 0 aromatic rings. The van der Waals surface area contributed by atoms with Crippen LogP contribution < -0.4 is 5.32 Å². The third-order valence-corrected chi connectivity index (χ3v) is 3.71. The number of carboxylic acids is 1. The Labute approximate surface area is 114 Å². The van der Waals surface area contributed by atoms with Crippen LogP contribution in [0.1, 0.15) is 26.7 Å². The van der Waals surface area contributed by atoms with Gasteiger partial charge in [-0.2, -0.15) is 0 Å². The quantitative estimate of drug-likeness (QED) is 0.711. The highest BCUT2D eigenvalue weighted by Crippen LogP contribution is 2.12. The number of hydrogen-bond acceptors (Lipinski definition) is 4. The Kier molecular flexibility index (Phi) is 5.75. The fourth-order valence-electron chi connectivity index (χ4n) is 2.21. The van der Waals surface area contributed by atoms with Crippen molar-refractivity contribution >= 4 is 11.9 Å². The van der Waals surface area contributed by atoms with Gasteiger partial charge in [-0.05, 0) is 20.4 Å². The number of carbonyl (C=O) groups excluding carboxylic acids is 1. The van der Waals surface area contributed by atoms with Crippen LogP contribution in [0.4, 0.5) is 0 Å². The summed E-state index contributed by atoms with van der Waals surface area (Å²) in [6.07, 6.45) is 1.27. The highest BCUT2D eigenvalue weighted by atomic mass is 16.4. The van der Waals surface area contributed by atoms with Crippen LogP contribution in [-0.2, 0) is 9.59 Å². The molecule has 0 spiro atoms. The molecule has 1 unspecified atom stereocenters. The summed E-state index contributed by atoms with van der Waals surface area (Å²) < 4.78 is 0. The minimum Gasteiger partial charge on any atom is -0.480 e.